The molecule has 6 heteroatoms. The molecule has 2 heterocycles. The molecule has 2 aliphatic rings. The molecule has 2 fully saturated rings. The van der Waals surface area contributed by atoms with Crippen LogP contribution in [0.3, 0.4) is 0 Å². The number of carbonyl (C=O) groups is 1. The molecule has 0 aromatic carbocycles. The molecule has 1 amide bonds. The zero-order chi connectivity index (χ0) is 16.4. The van der Waals surface area contributed by atoms with Crippen LogP contribution in [0.25, 0.3) is 0 Å². The highest BCUT2D eigenvalue weighted by molar-refractivity contribution is 5.76. The number of aryl methyl sites for hydroxylation is 3. The van der Waals surface area contributed by atoms with E-state index in [1.54, 1.807) is 0 Å². The SMILES string of the molecule is Cc1cc(C)n(CCC(=O)N2CCN([C@@H]3CCC[C@@H]3O)CC2)n1. The smallest absolute Gasteiger partial charge is 0.224 e. The Morgan fingerprint density at radius 1 is 1.26 bits per heavy atom. The average Bonchev–Trinajstić information content (AvgIpc) is 3.10. The molecular weight excluding hydrogens is 292 g/mol. The van der Waals surface area contributed by atoms with E-state index in [0.717, 1.165) is 56.8 Å². The zero-order valence-corrected chi connectivity index (χ0v) is 14.2. The molecule has 0 unspecified atom stereocenters. The van der Waals surface area contributed by atoms with Crippen LogP contribution >= 0.6 is 0 Å². The molecule has 6 nitrogen and oxygen atoms in total. The lowest BCUT2D eigenvalue weighted by Crippen LogP contribution is -2.53. The zero-order valence-electron chi connectivity index (χ0n) is 14.2. The maximum atomic E-state index is 12.4. The van der Waals surface area contributed by atoms with Crippen LogP contribution in [0, 0.1) is 13.8 Å². The third kappa shape index (κ3) is 3.75. The molecule has 1 saturated carbocycles. The van der Waals surface area contributed by atoms with Crippen molar-refractivity contribution in [3.05, 3.63) is 17.5 Å². The minimum Gasteiger partial charge on any atom is -0.391 e. The monoisotopic (exact) mass is 320 g/mol. The summed E-state index contributed by atoms with van der Waals surface area (Å²) in [4.78, 5) is 16.7. The van der Waals surface area contributed by atoms with Gasteiger partial charge in [-0.05, 0) is 39.2 Å². The molecule has 0 spiro atoms. The third-order valence-electron chi connectivity index (χ3n) is 5.22. The van der Waals surface area contributed by atoms with Gasteiger partial charge in [0, 0.05) is 50.9 Å². The Bertz CT molecular complexity index is 549. The second-order valence-corrected chi connectivity index (χ2v) is 6.88. The third-order valence-corrected chi connectivity index (χ3v) is 5.22. The molecule has 1 aromatic heterocycles. The van der Waals surface area contributed by atoms with Crippen molar-refractivity contribution in [3.63, 3.8) is 0 Å². The van der Waals surface area contributed by atoms with Crippen LogP contribution in [-0.2, 0) is 11.3 Å². The molecule has 0 bridgehead atoms. The first kappa shape index (κ1) is 16.5. The maximum absolute atomic E-state index is 12.4. The Balaban J connectivity index is 1.45. The van der Waals surface area contributed by atoms with Gasteiger partial charge in [0.15, 0.2) is 0 Å². The number of hydrogen-bond donors (Lipinski definition) is 1. The molecular formula is C17H28N4O2. The molecule has 1 aromatic rings. The number of aromatic nitrogens is 2. The van der Waals surface area contributed by atoms with Crippen molar-refractivity contribution in [1.82, 2.24) is 19.6 Å². The first-order valence-electron chi connectivity index (χ1n) is 8.75. The van der Waals surface area contributed by atoms with Crippen LogP contribution in [0.2, 0.25) is 0 Å². The predicted molar refractivity (Wildman–Crippen MR) is 88.1 cm³/mol. The highest BCUT2D eigenvalue weighted by Crippen LogP contribution is 2.25. The summed E-state index contributed by atoms with van der Waals surface area (Å²) >= 11 is 0. The van der Waals surface area contributed by atoms with E-state index in [-0.39, 0.29) is 12.0 Å². The molecule has 1 aliphatic heterocycles. The average molecular weight is 320 g/mol. The number of hydrogen-bond acceptors (Lipinski definition) is 4. The number of amides is 1. The lowest BCUT2D eigenvalue weighted by Gasteiger charge is -2.39. The van der Waals surface area contributed by atoms with Gasteiger partial charge in [-0.25, -0.2) is 0 Å². The molecule has 2 atom stereocenters. The van der Waals surface area contributed by atoms with E-state index in [1.165, 1.54) is 0 Å². The second kappa shape index (κ2) is 7.01. The van der Waals surface area contributed by atoms with Crippen molar-refractivity contribution in [2.45, 2.75) is 58.2 Å². The van der Waals surface area contributed by atoms with Gasteiger partial charge in [-0.15, -0.1) is 0 Å². The molecule has 128 valence electrons. The van der Waals surface area contributed by atoms with E-state index >= 15 is 0 Å². The summed E-state index contributed by atoms with van der Waals surface area (Å²) in [5.74, 6) is 0.212. The van der Waals surface area contributed by atoms with Crippen molar-refractivity contribution in [3.8, 4) is 0 Å². The number of rotatable bonds is 4. The molecule has 1 aliphatic carbocycles. The Morgan fingerprint density at radius 3 is 2.57 bits per heavy atom. The quantitative estimate of drug-likeness (QED) is 0.897. The first-order chi connectivity index (χ1) is 11.0. The van der Waals surface area contributed by atoms with E-state index in [4.69, 9.17) is 0 Å². The summed E-state index contributed by atoms with van der Waals surface area (Å²) in [6.45, 7) is 7.97. The molecule has 1 saturated heterocycles. The van der Waals surface area contributed by atoms with E-state index in [0.29, 0.717) is 19.0 Å². The fourth-order valence-corrected chi connectivity index (χ4v) is 3.91. The van der Waals surface area contributed by atoms with Crippen LogP contribution in [-0.4, -0.2) is 68.9 Å². The number of piperazine rings is 1. The Hall–Kier alpha value is -1.40. The molecule has 23 heavy (non-hydrogen) atoms. The van der Waals surface area contributed by atoms with Gasteiger partial charge in [0.25, 0.3) is 0 Å². The lowest BCUT2D eigenvalue weighted by molar-refractivity contribution is -0.133. The fourth-order valence-electron chi connectivity index (χ4n) is 3.91. The number of aliphatic hydroxyl groups is 1. The predicted octanol–water partition coefficient (Wildman–Crippen LogP) is 0.948. The minimum absolute atomic E-state index is 0.178. The minimum atomic E-state index is -0.178. The Morgan fingerprint density at radius 2 is 2.00 bits per heavy atom. The van der Waals surface area contributed by atoms with Crippen LogP contribution in [0.1, 0.15) is 37.1 Å². The fraction of sp³-hybridized carbons (Fsp3) is 0.765. The summed E-state index contributed by atoms with van der Waals surface area (Å²) in [6.07, 6.45) is 3.46. The van der Waals surface area contributed by atoms with Crippen molar-refractivity contribution < 1.29 is 9.90 Å². The van der Waals surface area contributed by atoms with Gasteiger partial charge in [0.1, 0.15) is 0 Å². The molecule has 0 radical (unpaired) electrons. The van der Waals surface area contributed by atoms with Crippen LogP contribution in [0.15, 0.2) is 6.07 Å². The van der Waals surface area contributed by atoms with Crippen LogP contribution < -0.4 is 0 Å². The van der Waals surface area contributed by atoms with E-state index in [9.17, 15) is 9.90 Å². The normalized spacial score (nSPS) is 26.0. The van der Waals surface area contributed by atoms with Crippen molar-refractivity contribution >= 4 is 5.91 Å². The Kier molecular flexibility index (Phi) is 5.02. The van der Waals surface area contributed by atoms with Gasteiger partial charge in [0.2, 0.25) is 5.91 Å². The van der Waals surface area contributed by atoms with Crippen LogP contribution in [0.4, 0.5) is 0 Å². The number of nitrogens with zero attached hydrogens (tertiary/aromatic N) is 4. The van der Waals surface area contributed by atoms with Gasteiger partial charge in [0.05, 0.1) is 11.8 Å². The van der Waals surface area contributed by atoms with Crippen molar-refractivity contribution in [2.24, 2.45) is 0 Å². The van der Waals surface area contributed by atoms with E-state index < -0.39 is 0 Å². The summed E-state index contributed by atoms with van der Waals surface area (Å²) < 4.78 is 1.92. The van der Waals surface area contributed by atoms with E-state index in [2.05, 4.69) is 10.00 Å². The largest absolute Gasteiger partial charge is 0.391 e. The number of carbonyl (C=O) groups excluding carboxylic acids is 1. The van der Waals surface area contributed by atoms with Gasteiger partial charge in [-0.3, -0.25) is 14.4 Å². The van der Waals surface area contributed by atoms with Crippen molar-refractivity contribution in [1.29, 1.82) is 0 Å². The Labute approximate surface area is 138 Å². The summed E-state index contributed by atoms with van der Waals surface area (Å²) in [6, 6.07) is 2.35. The van der Waals surface area contributed by atoms with Crippen LogP contribution in [0.5, 0.6) is 0 Å². The van der Waals surface area contributed by atoms with Gasteiger partial charge < -0.3 is 10.0 Å². The highest BCUT2D eigenvalue weighted by Gasteiger charge is 2.33. The lowest BCUT2D eigenvalue weighted by atomic mass is 10.1. The molecule has 3 rings (SSSR count). The highest BCUT2D eigenvalue weighted by atomic mass is 16.3. The summed E-state index contributed by atoms with van der Waals surface area (Å²) in [7, 11) is 0. The summed E-state index contributed by atoms with van der Waals surface area (Å²) in [5, 5.41) is 14.4. The first-order valence-corrected chi connectivity index (χ1v) is 8.75. The van der Waals surface area contributed by atoms with Gasteiger partial charge in [-0.2, -0.15) is 5.10 Å². The standard InChI is InChI=1S/C17H28N4O2/c1-13-12-14(2)21(18-13)7-6-17(23)20-10-8-19(9-11-20)15-4-3-5-16(15)22/h12,15-16,22H,3-11H2,1-2H3/t15-,16+/m1/s1. The summed E-state index contributed by atoms with van der Waals surface area (Å²) in [5.41, 5.74) is 2.11. The second-order valence-electron chi connectivity index (χ2n) is 6.88. The molecule has 1 N–H and O–H groups in total. The van der Waals surface area contributed by atoms with Gasteiger partial charge >= 0.3 is 0 Å². The van der Waals surface area contributed by atoms with E-state index in [1.807, 2.05) is 29.5 Å². The maximum Gasteiger partial charge on any atom is 0.224 e. The van der Waals surface area contributed by atoms with Crippen molar-refractivity contribution in [2.75, 3.05) is 26.2 Å². The topological polar surface area (TPSA) is 61.6 Å². The van der Waals surface area contributed by atoms with Gasteiger partial charge in [-0.1, -0.05) is 0 Å². The number of aliphatic hydroxyl groups excluding tert-OH is 1.